The smallest absolute Gasteiger partial charge is 0.239 e. The van der Waals surface area contributed by atoms with Gasteiger partial charge in [0.1, 0.15) is 0 Å². The number of amides is 1. The molecule has 2 heterocycles. The number of thioether (sulfide) groups is 1. The molecule has 2 rings (SSSR count). The number of nitrogens with one attached hydrogen (secondary N) is 1. The van der Waals surface area contributed by atoms with Crippen LogP contribution in [-0.2, 0) is 4.79 Å². The average molecular weight is 384 g/mol. The minimum absolute atomic E-state index is 0.0714. The predicted octanol–water partition coefficient (Wildman–Crippen LogP) is 1.72. The van der Waals surface area contributed by atoms with Crippen molar-refractivity contribution >= 4 is 23.6 Å². The molecule has 7 heteroatoms. The highest BCUT2D eigenvalue weighted by Gasteiger charge is 2.31. The van der Waals surface area contributed by atoms with Gasteiger partial charge in [-0.05, 0) is 46.6 Å². The van der Waals surface area contributed by atoms with E-state index in [0.717, 1.165) is 70.2 Å². The second kappa shape index (κ2) is 9.83. The Hall–Kier alpha value is -0.950. The summed E-state index contributed by atoms with van der Waals surface area (Å²) in [5.74, 6) is 2.44. The van der Waals surface area contributed by atoms with Gasteiger partial charge in [-0.1, -0.05) is 0 Å². The molecule has 0 aliphatic carbocycles. The molecule has 26 heavy (non-hydrogen) atoms. The lowest BCUT2D eigenvalue weighted by Gasteiger charge is -2.39. The van der Waals surface area contributed by atoms with Crippen molar-refractivity contribution < 1.29 is 4.79 Å². The van der Waals surface area contributed by atoms with Crippen LogP contribution in [0.3, 0.4) is 0 Å². The number of rotatable bonds is 6. The fourth-order valence-electron chi connectivity index (χ4n) is 3.75. The van der Waals surface area contributed by atoms with Crippen molar-refractivity contribution in [3.05, 3.63) is 0 Å². The van der Waals surface area contributed by atoms with E-state index in [1.807, 2.05) is 25.9 Å². The molecular weight excluding hydrogens is 346 g/mol. The lowest BCUT2D eigenvalue weighted by atomic mass is 10.2. The van der Waals surface area contributed by atoms with Crippen LogP contribution in [0.1, 0.15) is 40.0 Å². The minimum Gasteiger partial charge on any atom is -0.357 e. The van der Waals surface area contributed by atoms with Gasteiger partial charge in [0.15, 0.2) is 5.96 Å². The van der Waals surface area contributed by atoms with Crippen LogP contribution in [0.2, 0.25) is 0 Å². The molecule has 0 saturated carbocycles. The van der Waals surface area contributed by atoms with Crippen LogP contribution in [0, 0.1) is 0 Å². The van der Waals surface area contributed by atoms with Crippen LogP contribution < -0.4 is 5.32 Å². The Kier molecular flexibility index (Phi) is 8.07. The van der Waals surface area contributed by atoms with Crippen LogP contribution in [0.25, 0.3) is 0 Å². The third-order valence-electron chi connectivity index (χ3n) is 5.01. The van der Waals surface area contributed by atoms with Crippen LogP contribution in [0.4, 0.5) is 0 Å². The predicted molar refractivity (Wildman–Crippen MR) is 112 cm³/mol. The zero-order valence-electron chi connectivity index (χ0n) is 17.3. The van der Waals surface area contributed by atoms with Crippen LogP contribution in [0.15, 0.2) is 4.99 Å². The van der Waals surface area contributed by atoms with Crippen molar-refractivity contribution in [2.75, 3.05) is 59.1 Å². The van der Waals surface area contributed by atoms with Crippen LogP contribution in [-0.4, -0.2) is 96.5 Å². The Morgan fingerprint density at radius 1 is 1.35 bits per heavy atom. The first-order valence-electron chi connectivity index (χ1n) is 9.96. The highest BCUT2D eigenvalue weighted by Crippen LogP contribution is 2.29. The van der Waals surface area contributed by atoms with Gasteiger partial charge in [-0.25, -0.2) is 0 Å². The van der Waals surface area contributed by atoms with E-state index in [0.29, 0.717) is 0 Å². The summed E-state index contributed by atoms with van der Waals surface area (Å²) in [4.78, 5) is 23.6. The van der Waals surface area contributed by atoms with Gasteiger partial charge in [0, 0.05) is 57.3 Å². The highest BCUT2D eigenvalue weighted by molar-refractivity contribution is 8.00. The summed E-state index contributed by atoms with van der Waals surface area (Å²) >= 11 is 2.04. The first kappa shape index (κ1) is 21.4. The Balaban J connectivity index is 1.85. The molecule has 1 N–H and O–H groups in total. The summed E-state index contributed by atoms with van der Waals surface area (Å²) in [6.45, 7) is 12.5. The fraction of sp³-hybridized carbons (Fsp3) is 0.895. The Morgan fingerprint density at radius 3 is 2.77 bits per heavy atom. The summed E-state index contributed by atoms with van der Waals surface area (Å²) in [5, 5.41) is 3.45. The summed E-state index contributed by atoms with van der Waals surface area (Å²) in [6.07, 6.45) is 3.11. The maximum Gasteiger partial charge on any atom is 0.239 e. The molecule has 2 aliphatic heterocycles. The van der Waals surface area contributed by atoms with E-state index in [4.69, 9.17) is 4.99 Å². The van der Waals surface area contributed by atoms with Gasteiger partial charge in [-0.15, -0.1) is 0 Å². The van der Waals surface area contributed by atoms with E-state index in [1.54, 1.807) is 4.90 Å². The number of hydrogen-bond acceptors (Lipinski definition) is 4. The molecule has 150 valence electrons. The van der Waals surface area contributed by atoms with Crippen molar-refractivity contribution in [1.29, 1.82) is 0 Å². The average Bonchev–Trinajstić information content (AvgIpc) is 3.04. The van der Waals surface area contributed by atoms with E-state index in [2.05, 4.69) is 35.9 Å². The Labute approximate surface area is 163 Å². The van der Waals surface area contributed by atoms with E-state index in [-0.39, 0.29) is 16.7 Å². The quantitative estimate of drug-likeness (QED) is 0.430. The fourth-order valence-corrected chi connectivity index (χ4v) is 4.86. The highest BCUT2D eigenvalue weighted by atomic mass is 32.2. The molecule has 0 aromatic carbocycles. The molecule has 0 spiro atoms. The number of likely N-dealkylation sites (N-methyl/N-ethyl adjacent to an activating group) is 1. The van der Waals surface area contributed by atoms with E-state index in [9.17, 15) is 4.79 Å². The van der Waals surface area contributed by atoms with Crippen molar-refractivity contribution in [3.8, 4) is 0 Å². The van der Waals surface area contributed by atoms with E-state index in [1.165, 1.54) is 0 Å². The van der Waals surface area contributed by atoms with Gasteiger partial charge in [-0.3, -0.25) is 14.7 Å². The monoisotopic (exact) mass is 383 g/mol. The third-order valence-corrected chi connectivity index (χ3v) is 6.31. The first-order valence-corrected chi connectivity index (χ1v) is 10.9. The molecule has 1 unspecified atom stereocenters. The molecule has 2 saturated heterocycles. The molecule has 2 fully saturated rings. The van der Waals surface area contributed by atoms with Crippen molar-refractivity contribution in [2.24, 2.45) is 4.99 Å². The molecule has 1 atom stereocenters. The molecule has 2 aliphatic rings. The number of likely N-dealkylation sites (tertiary alicyclic amines) is 1. The number of nitrogens with zero attached hydrogens (tertiary/aromatic N) is 4. The number of carbonyl (C=O) groups is 1. The molecule has 0 aromatic rings. The van der Waals surface area contributed by atoms with Gasteiger partial charge in [0.2, 0.25) is 5.91 Å². The maximum atomic E-state index is 12.3. The third kappa shape index (κ3) is 6.05. The maximum absolute atomic E-state index is 12.3. The molecule has 0 aromatic heterocycles. The number of hydrogen-bond donors (Lipinski definition) is 1. The van der Waals surface area contributed by atoms with Gasteiger partial charge in [-0.2, -0.15) is 11.8 Å². The molecule has 1 amide bonds. The van der Waals surface area contributed by atoms with Crippen molar-refractivity contribution in [1.82, 2.24) is 20.0 Å². The zero-order chi connectivity index (χ0) is 19.2. The lowest BCUT2D eigenvalue weighted by molar-refractivity contribution is -0.133. The lowest BCUT2D eigenvalue weighted by Crippen LogP contribution is -2.51. The summed E-state index contributed by atoms with van der Waals surface area (Å²) < 4.78 is 0.282. The summed E-state index contributed by atoms with van der Waals surface area (Å²) in [7, 11) is 3.70. The molecule has 0 radical (unpaired) electrons. The largest absolute Gasteiger partial charge is 0.357 e. The second-order valence-electron chi connectivity index (χ2n) is 8.05. The molecular formula is C19H37N5OS. The Bertz CT molecular complexity index is 494. The van der Waals surface area contributed by atoms with Crippen molar-refractivity contribution in [2.45, 2.75) is 50.8 Å². The van der Waals surface area contributed by atoms with Crippen LogP contribution >= 0.6 is 11.8 Å². The van der Waals surface area contributed by atoms with Crippen LogP contribution in [0.5, 0.6) is 0 Å². The molecule has 6 nitrogen and oxygen atoms in total. The number of aliphatic imine (C=N–C) groups is 1. The van der Waals surface area contributed by atoms with E-state index < -0.39 is 0 Å². The topological polar surface area (TPSA) is 51.2 Å². The van der Waals surface area contributed by atoms with Gasteiger partial charge < -0.3 is 15.1 Å². The van der Waals surface area contributed by atoms with Gasteiger partial charge in [0.25, 0.3) is 0 Å². The second-order valence-corrected chi connectivity index (χ2v) is 9.85. The van der Waals surface area contributed by atoms with Crippen molar-refractivity contribution in [3.63, 3.8) is 0 Å². The Morgan fingerprint density at radius 2 is 2.12 bits per heavy atom. The minimum atomic E-state index is 0.0714. The standard InChI is InChI=1S/C19H37N5OS/c1-6-20-18(24-13-14-26-19(2,3)15-24)21-10-8-12-23-11-7-9-16(23)17(25)22(4)5/h16H,6-15H2,1-5H3,(H,20,21). The zero-order valence-corrected chi connectivity index (χ0v) is 18.1. The first-order chi connectivity index (χ1) is 12.3. The number of carbonyl (C=O) groups excluding carboxylic acids is 1. The van der Waals surface area contributed by atoms with E-state index >= 15 is 0 Å². The number of guanidine groups is 1. The normalized spacial score (nSPS) is 24.0. The van der Waals surface area contributed by atoms with Gasteiger partial charge >= 0.3 is 0 Å². The summed E-state index contributed by atoms with van der Waals surface area (Å²) in [6, 6.07) is 0.0714. The molecule has 0 bridgehead atoms. The summed E-state index contributed by atoms with van der Waals surface area (Å²) in [5.41, 5.74) is 0. The van der Waals surface area contributed by atoms with Gasteiger partial charge in [0.05, 0.1) is 6.04 Å². The SMILES string of the molecule is CCNC(=NCCCN1CCCC1C(=O)N(C)C)N1CCSC(C)(C)C1.